The van der Waals surface area contributed by atoms with Gasteiger partial charge in [-0.05, 0) is 60.4 Å². The summed E-state index contributed by atoms with van der Waals surface area (Å²) in [5.74, 6) is 0.345. The topological polar surface area (TPSA) is 114 Å². The highest BCUT2D eigenvalue weighted by molar-refractivity contribution is 7.92. The number of hydrogen-bond donors (Lipinski definition) is 1. The molecule has 0 saturated heterocycles. The SMILES string of the molecule is COc1cccc(CN(C(=O)CN(c2cc(OC)ccc2OC)S(=O)(=O)c2ccccc2)[C@H](Cc2ccccc2)C(=O)NC2CCCCC2)c1. The average Bonchev–Trinajstić information content (AvgIpc) is 3.16. The van der Waals surface area contributed by atoms with Crippen LogP contribution in [0.1, 0.15) is 43.2 Å². The van der Waals surface area contributed by atoms with Gasteiger partial charge in [0.15, 0.2) is 0 Å². The molecule has 1 aliphatic carbocycles. The lowest BCUT2D eigenvalue weighted by Gasteiger charge is -2.35. The Labute approximate surface area is 295 Å². The lowest BCUT2D eigenvalue weighted by Crippen LogP contribution is -2.55. The van der Waals surface area contributed by atoms with Crippen molar-refractivity contribution in [1.29, 1.82) is 0 Å². The first-order valence-corrected chi connectivity index (χ1v) is 18.2. The number of methoxy groups -OCH3 is 3. The summed E-state index contributed by atoms with van der Waals surface area (Å²) in [6.07, 6.45) is 5.13. The number of carbonyl (C=O) groups excluding carboxylic acids is 2. The van der Waals surface area contributed by atoms with Crippen molar-refractivity contribution in [3.05, 3.63) is 114 Å². The van der Waals surface area contributed by atoms with E-state index in [4.69, 9.17) is 14.2 Å². The van der Waals surface area contributed by atoms with E-state index in [2.05, 4.69) is 5.32 Å². The first-order chi connectivity index (χ1) is 24.2. The third-order valence-electron chi connectivity index (χ3n) is 8.97. The first-order valence-electron chi connectivity index (χ1n) is 16.8. The highest BCUT2D eigenvalue weighted by Crippen LogP contribution is 2.36. The van der Waals surface area contributed by atoms with Crippen LogP contribution in [0.5, 0.6) is 17.2 Å². The number of nitrogens with zero attached hydrogens (tertiary/aromatic N) is 2. The van der Waals surface area contributed by atoms with Crippen LogP contribution in [0.15, 0.2) is 108 Å². The minimum Gasteiger partial charge on any atom is -0.497 e. The molecule has 11 heteroatoms. The largest absolute Gasteiger partial charge is 0.497 e. The van der Waals surface area contributed by atoms with Crippen LogP contribution in [0.4, 0.5) is 5.69 Å². The normalized spacial score (nSPS) is 13.9. The van der Waals surface area contributed by atoms with Gasteiger partial charge in [-0.3, -0.25) is 13.9 Å². The van der Waals surface area contributed by atoms with Gasteiger partial charge in [0, 0.05) is 25.1 Å². The predicted molar refractivity (Wildman–Crippen MR) is 193 cm³/mol. The molecule has 50 heavy (non-hydrogen) atoms. The zero-order chi connectivity index (χ0) is 35.5. The van der Waals surface area contributed by atoms with Crippen LogP contribution in [0.3, 0.4) is 0 Å². The van der Waals surface area contributed by atoms with Crippen LogP contribution in [0.25, 0.3) is 0 Å². The molecule has 0 aliphatic heterocycles. The Balaban J connectivity index is 1.61. The van der Waals surface area contributed by atoms with Gasteiger partial charge in [0.05, 0.1) is 31.9 Å². The molecule has 0 radical (unpaired) electrons. The third kappa shape index (κ3) is 8.95. The quantitative estimate of drug-likeness (QED) is 0.162. The Hall–Kier alpha value is -5.03. The van der Waals surface area contributed by atoms with Gasteiger partial charge in [0.1, 0.15) is 29.8 Å². The van der Waals surface area contributed by atoms with Crippen molar-refractivity contribution in [2.75, 3.05) is 32.2 Å². The Bertz CT molecular complexity index is 1830. The van der Waals surface area contributed by atoms with Gasteiger partial charge in [0.25, 0.3) is 10.0 Å². The highest BCUT2D eigenvalue weighted by atomic mass is 32.2. The monoisotopic (exact) mass is 699 g/mol. The van der Waals surface area contributed by atoms with E-state index < -0.39 is 28.5 Å². The van der Waals surface area contributed by atoms with E-state index in [0.29, 0.717) is 11.5 Å². The maximum absolute atomic E-state index is 14.9. The molecule has 0 aromatic heterocycles. The molecule has 0 unspecified atom stereocenters. The molecular formula is C39H45N3O7S. The number of sulfonamides is 1. The summed E-state index contributed by atoms with van der Waals surface area (Å²) in [5.41, 5.74) is 1.71. The minimum absolute atomic E-state index is 0.000652. The number of ether oxygens (including phenoxy) is 3. The summed E-state index contributed by atoms with van der Waals surface area (Å²) >= 11 is 0. The standard InChI is InChI=1S/C39H45N3O7S/c1-47-32-19-13-16-30(24-32)27-41(36(25-29-14-7-4-8-15-29)39(44)40-31-17-9-5-10-18-31)38(43)28-42(50(45,46)34-20-11-6-12-21-34)35-26-33(48-2)22-23-37(35)49-3/h4,6-8,11-16,19-24,26,31,36H,5,9-10,17-18,25,27-28H2,1-3H3,(H,40,44)/t36-/m1/s1. The number of carbonyl (C=O) groups is 2. The van der Waals surface area contributed by atoms with Gasteiger partial charge < -0.3 is 24.4 Å². The lowest BCUT2D eigenvalue weighted by atomic mass is 9.94. The van der Waals surface area contributed by atoms with Crippen molar-refractivity contribution in [1.82, 2.24) is 10.2 Å². The summed E-state index contributed by atoms with van der Waals surface area (Å²) in [5, 5.41) is 3.23. The molecule has 264 valence electrons. The molecule has 4 aromatic rings. The van der Waals surface area contributed by atoms with E-state index in [9.17, 15) is 18.0 Å². The van der Waals surface area contributed by atoms with Crippen LogP contribution in [0.2, 0.25) is 0 Å². The number of benzene rings is 4. The maximum Gasteiger partial charge on any atom is 0.264 e. The molecule has 0 heterocycles. The van der Waals surface area contributed by atoms with Gasteiger partial charge >= 0.3 is 0 Å². The van der Waals surface area contributed by atoms with Gasteiger partial charge in [0.2, 0.25) is 11.8 Å². The van der Waals surface area contributed by atoms with E-state index in [1.54, 1.807) is 43.5 Å². The smallest absolute Gasteiger partial charge is 0.264 e. The molecule has 0 bridgehead atoms. The second kappa shape index (κ2) is 17.1. The van der Waals surface area contributed by atoms with Gasteiger partial charge in [-0.15, -0.1) is 0 Å². The molecule has 4 aromatic carbocycles. The molecule has 1 N–H and O–H groups in total. The summed E-state index contributed by atoms with van der Waals surface area (Å²) < 4.78 is 46.4. The van der Waals surface area contributed by atoms with Crippen LogP contribution in [-0.4, -0.2) is 65.1 Å². The Morgan fingerprint density at radius 2 is 1.40 bits per heavy atom. The fourth-order valence-corrected chi connectivity index (χ4v) is 7.73. The zero-order valence-electron chi connectivity index (χ0n) is 28.8. The molecule has 0 spiro atoms. The summed E-state index contributed by atoms with van der Waals surface area (Å²) in [7, 11) is 0.145. The van der Waals surface area contributed by atoms with Crippen molar-refractivity contribution < 1.29 is 32.2 Å². The molecule has 1 aliphatic rings. The fourth-order valence-electron chi connectivity index (χ4n) is 6.29. The Morgan fingerprint density at radius 3 is 2.06 bits per heavy atom. The maximum atomic E-state index is 14.9. The van der Waals surface area contributed by atoms with E-state index >= 15 is 0 Å². The highest BCUT2D eigenvalue weighted by Gasteiger charge is 2.36. The van der Waals surface area contributed by atoms with Crippen LogP contribution >= 0.6 is 0 Å². The van der Waals surface area contributed by atoms with E-state index in [1.807, 2.05) is 48.5 Å². The van der Waals surface area contributed by atoms with Crippen molar-refractivity contribution in [2.45, 2.75) is 62.0 Å². The van der Waals surface area contributed by atoms with Crippen molar-refractivity contribution in [3.63, 3.8) is 0 Å². The predicted octanol–water partition coefficient (Wildman–Crippen LogP) is 6.00. The van der Waals surface area contributed by atoms with E-state index in [-0.39, 0.29) is 41.2 Å². The molecular weight excluding hydrogens is 655 g/mol. The van der Waals surface area contributed by atoms with Crippen molar-refractivity contribution >= 4 is 27.5 Å². The van der Waals surface area contributed by atoms with E-state index in [0.717, 1.165) is 47.5 Å². The van der Waals surface area contributed by atoms with Gasteiger partial charge in [-0.1, -0.05) is 79.9 Å². The first kappa shape index (κ1) is 36.3. The molecule has 1 fully saturated rings. The van der Waals surface area contributed by atoms with Crippen molar-refractivity contribution in [3.8, 4) is 17.2 Å². The number of rotatable bonds is 15. The van der Waals surface area contributed by atoms with E-state index in [1.165, 1.54) is 37.3 Å². The molecule has 2 amide bonds. The second-order valence-electron chi connectivity index (χ2n) is 12.3. The molecule has 5 rings (SSSR count). The average molecular weight is 700 g/mol. The number of amides is 2. The summed E-state index contributed by atoms with van der Waals surface area (Å²) in [6.45, 7) is -0.590. The Morgan fingerprint density at radius 1 is 0.760 bits per heavy atom. The van der Waals surface area contributed by atoms with Gasteiger partial charge in [-0.25, -0.2) is 8.42 Å². The zero-order valence-corrected chi connectivity index (χ0v) is 29.6. The lowest BCUT2D eigenvalue weighted by molar-refractivity contribution is -0.140. The summed E-state index contributed by atoms with van der Waals surface area (Å²) in [6, 6.07) is 28.5. The molecule has 1 atom stereocenters. The van der Waals surface area contributed by atoms with Crippen LogP contribution in [-0.2, 0) is 32.6 Å². The Kier molecular flexibility index (Phi) is 12.4. The minimum atomic E-state index is -4.32. The van der Waals surface area contributed by atoms with Crippen LogP contribution < -0.4 is 23.8 Å². The summed E-state index contributed by atoms with van der Waals surface area (Å²) in [4.78, 5) is 30.7. The van der Waals surface area contributed by atoms with Crippen LogP contribution in [0, 0.1) is 0 Å². The number of anilines is 1. The van der Waals surface area contributed by atoms with Gasteiger partial charge in [-0.2, -0.15) is 0 Å². The third-order valence-corrected chi connectivity index (χ3v) is 10.7. The number of nitrogens with one attached hydrogen (secondary N) is 1. The molecule has 10 nitrogen and oxygen atoms in total. The van der Waals surface area contributed by atoms with Crippen molar-refractivity contribution in [2.24, 2.45) is 0 Å². The molecule has 1 saturated carbocycles. The number of hydrogen-bond acceptors (Lipinski definition) is 7. The fraction of sp³-hybridized carbons (Fsp3) is 0.333. The second-order valence-corrected chi connectivity index (χ2v) is 14.1.